The summed E-state index contributed by atoms with van der Waals surface area (Å²) in [5.74, 6) is -2.73. The minimum Gasteiger partial charge on any atom is -0.461 e. The molecule has 0 aromatic heterocycles. The summed E-state index contributed by atoms with van der Waals surface area (Å²) in [4.78, 5) is 52.9. The molecule has 0 aromatic carbocycles. The van der Waals surface area contributed by atoms with Crippen molar-refractivity contribution in [3.63, 3.8) is 0 Å². The van der Waals surface area contributed by atoms with Crippen LogP contribution in [-0.4, -0.2) is 49.3 Å². The van der Waals surface area contributed by atoms with Crippen molar-refractivity contribution in [2.24, 2.45) is 23.7 Å². The zero-order valence-corrected chi connectivity index (χ0v) is 29.5. The maximum absolute atomic E-state index is 13.4. The van der Waals surface area contributed by atoms with Crippen molar-refractivity contribution in [3.05, 3.63) is 0 Å². The smallest absolute Gasteiger partial charge is 0.309 e. The molecule has 0 aromatic rings. The normalized spacial score (nSPS) is 15.4. The molecule has 44 heavy (non-hydrogen) atoms. The largest absolute Gasteiger partial charge is 0.461 e. The fourth-order valence-electron chi connectivity index (χ4n) is 5.25. The monoisotopic (exact) mass is 626 g/mol. The zero-order valence-electron chi connectivity index (χ0n) is 29.5. The summed E-state index contributed by atoms with van der Waals surface area (Å²) in [5, 5.41) is 0. The van der Waals surface area contributed by atoms with Crippen LogP contribution in [0.1, 0.15) is 158 Å². The van der Waals surface area contributed by atoms with E-state index in [0.717, 1.165) is 51.4 Å². The Morgan fingerprint density at radius 3 is 0.886 bits per heavy atom. The Labute approximate surface area is 269 Å². The molecule has 0 amide bonds. The van der Waals surface area contributed by atoms with Crippen molar-refractivity contribution >= 4 is 23.9 Å². The van der Waals surface area contributed by atoms with E-state index in [1.807, 2.05) is 27.7 Å². The summed E-state index contributed by atoms with van der Waals surface area (Å²) in [6, 6.07) is 0. The summed E-state index contributed by atoms with van der Waals surface area (Å²) < 4.78 is 23.5. The van der Waals surface area contributed by atoms with E-state index < -0.39 is 24.1 Å². The van der Waals surface area contributed by atoms with Crippen molar-refractivity contribution in [2.45, 2.75) is 170 Å². The minimum absolute atomic E-state index is 0.263. The molecule has 0 fully saturated rings. The summed E-state index contributed by atoms with van der Waals surface area (Å²) >= 11 is 0. The van der Waals surface area contributed by atoms with Crippen LogP contribution in [0.2, 0.25) is 0 Å². The summed E-state index contributed by atoms with van der Waals surface area (Å²) in [6.07, 6.45) is 10.5. The number of carbonyl (C=O) groups is 4. The van der Waals surface area contributed by atoms with Gasteiger partial charge >= 0.3 is 23.9 Å². The van der Waals surface area contributed by atoms with Gasteiger partial charge in [-0.15, -0.1) is 0 Å². The van der Waals surface area contributed by atoms with Gasteiger partial charge in [-0.25, -0.2) is 0 Å². The number of ether oxygens (including phenoxy) is 4. The maximum Gasteiger partial charge on any atom is 0.309 e. The van der Waals surface area contributed by atoms with E-state index in [4.69, 9.17) is 18.9 Å². The summed E-state index contributed by atoms with van der Waals surface area (Å²) in [7, 11) is 0. The predicted molar refractivity (Wildman–Crippen MR) is 175 cm³/mol. The van der Waals surface area contributed by atoms with Crippen LogP contribution in [0.4, 0.5) is 0 Å². The van der Waals surface area contributed by atoms with Crippen molar-refractivity contribution in [1.29, 1.82) is 0 Å². The molecule has 0 heterocycles. The first kappa shape index (κ1) is 41.9. The second-order valence-electron chi connectivity index (χ2n) is 12.2. The molecule has 8 nitrogen and oxygen atoms in total. The lowest BCUT2D eigenvalue weighted by atomic mass is 9.99. The summed E-state index contributed by atoms with van der Waals surface area (Å²) in [6.45, 7) is 15.5. The second-order valence-corrected chi connectivity index (χ2v) is 12.2. The van der Waals surface area contributed by atoms with E-state index in [1.54, 1.807) is 0 Å². The Morgan fingerprint density at radius 1 is 0.409 bits per heavy atom. The maximum atomic E-state index is 13.4. The zero-order chi connectivity index (χ0) is 33.3. The minimum atomic E-state index is -1.10. The van der Waals surface area contributed by atoms with Crippen LogP contribution in [0.5, 0.6) is 0 Å². The van der Waals surface area contributed by atoms with Gasteiger partial charge in [0, 0.05) is 0 Å². The molecule has 0 radical (unpaired) electrons. The quantitative estimate of drug-likeness (QED) is 0.0658. The first-order chi connectivity index (χ1) is 21.2. The fraction of sp³-hybridized carbons (Fsp3) is 0.889. The van der Waals surface area contributed by atoms with Gasteiger partial charge < -0.3 is 18.9 Å². The number of rotatable bonds is 27. The lowest BCUT2D eigenvalue weighted by Gasteiger charge is -2.30. The molecule has 0 aliphatic rings. The van der Waals surface area contributed by atoms with Crippen LogP contribution >= 0.6 is 0 Å². The van der Waals surface area contributed by atoms with Gasteiger partial charge in [-0.2, -0.15) is 0 Å². The van der Waals surface area contributed by atoms with Gasteiger partial charge in [0.15, 0.2) is 12.2 Å². The second kappa shape index (κ2) is 26.1. The van der Waals surface area contributed by atoms with Crippen molar-refractivity contribution < 1.29 is 38.1 Å². The third-order valence-electron chi connectivity index (χ3n) is 8.66. The van der Waals surface area contributed by atoms with Crippen LogP contribution in [0.25, 0.3) is 0 Å². The lowest BCUT2D eigenvalue weighted by molar-refractivity contribution is -0.188. The number of unbranched alkanes of at least 4 members (excludes halogenated alkanes) is 4. The van der Waals surface area contributed by atoms with Gasteiger partial charge in [0.2, 0.25) is 0 Å². The molecule has 0 saturated carbocycles. The van der Waals surface area contributed by atoms with E-state index in [1.165, 1.54) is 0 Å². The molecule has 0 aliphatic heterocycles. The van der Waals surface area contributed by atoms with Gasteiger partial charge in [0.1, 0.15) is 13.2 Å². The van der Waals surface area contributed by atoms with Crippen molar-refractivity contribution in [2.75, 3.05) is 13.2 Å². The van der Waals surface area contributed by atoms with E-state index in [9.17, 15) is 19.2 Å². The first-order valence-corrected chi connectivity index (χ1v) is 17.9. The third kappa shape index (κ3) is 16.8. The van der Waals surface area contributed by atoms with E-state index in [-0.39, 0.29) is 48.8 Å². The molecule has 258 valence electrons. The fourth-order valence-corrected chi connectivity index (χ4v) is 5.25. The van der Waals surface area contributed by atoms with Crippen LogP contribution in [0, 0.1) is 23.7 Å². The van der Waals surface area contributed by atoms with Gasteiger partial charge in [-0.3, -0.25) is 19.2 Å². The average Bonchev–Trinajstić information content (AvgIpc) is 3.02. The van der Waals surface area contributed by atoms with Gasteiger partial charge in [0.05, 0.1) is 23.7 Å². The molecule has 0 N–H and O–H groups in total. The number of esters is 4. The molecular formula is C36H66O8. The molecule has 0 bridgehead atoms. The highest BCUT2D eigenvalue weighted by Crippen LogP contribution is 2.23. The Bertz CT molecular complexity index is 718. The Hall–Kier alpha value is -2.12. The first-order valence-electron chi connectivity index (χ1n) is 17.9. The molecule has 4 unspecified atom stereocenters. The van der Waals surface area contributed by atoms with Crippen LogP contribution in [0.3, 0.4) is 0 Å². The van der Waals surface area contributed by atoms with Gasteiger partial charge in [0.25, 0.3) is 0 Å². The van der Waals surface area contributed by atoms with E-state index in [0.29, 0.717) is 51.4 Å². The van der Waals surface area contributed by atoms with Crippen molar-refractivity contribution in [3.8, 4) is 0 Å². The molecule has 0 saturated heterocycles. The van der Waals surface area contributed by atoms with E-state index in [2.05, 4.69) is 27.7 Å². The number of hydrogen-bond acceptors (Lipinski definition) is 8. The summed E-state index contributed by atoms with van der Waals surface area (Å²) in [5.41, 5.74) is 0. The average molecular weight is 627 g/mol. The highest BCUT2D eigenvalue weighted by atomic mass is 16.6. The molecule has 8 heteroatoms. The van der Waals surface area contributed by atoms with Crippen molar-refractivity contribution in [1.82, 2.24) is 0 Å². The molecule has 0 aliphatic carbocycles. The van der Waals surface area contributed by atoms with Crippen LogP contribution < -0.4 is 0 Å². The SMILES string of the molecule is CCCCC(CC)C(=O)OC[C@H](OC(=O)C(CC)CCCC)[C@@H](COC(=O)C(CC)CCCC)OC(=O)C(CC)CCCC. The van der Waals surface area contributed by atoms with E-state index >= 15 is 0 Å². The third-order valence-corrected chi connectivity index (χ3v) is 8.66. The standard InChI is InChI=1S/C36H66O8/c1-9-17-21-27(13-5)33(37)41-25-31(43-35(39)29(15-7)23-19-11-3)32(44-36(40)30(16-8)24-20-12-4)26-42-34(38)28(14-6)22-18-10-2/h27-32H,9-26H2,1-8H3/t27?,28?,29?,30?,31-,32+. The number of carbonyl (C=O) groups excluding carboxylic acids is 4. The highest BCUT2D eigenvalue weighted by molar-refractivity contribution is 5.75. The molecule has 6 atom stereocenters. The predicted octanol–water partition coefficient (Wildman–Crippen LogP) is 8.76. The highest BCUT2D eigenvalue weighted by Gasteiger charge is 2.36. The molecule has 0 rings (SSSR count). The lowest BCUT2D eigenvalue weighted by Crippen LogP contribution is -2.44. The Morgan fingerprint density at radius 2 is 0.659 bits per heavy atom. The number of hydrogen-bond donors (Lipinski definition) is 0. The molecular weight excluding hydrogens is 560 g/mol. The van der Waals surface area contributed by atoms with Crippen LogP contribution in [-0.2, 0) is 38.1 Å². The Kier molecular flexibility index (Phi) is 24.9. The molecule has 0 spiro atoms. The van der Waals surface area contributed by atoms with Gasteiger partial charge in [-0.05, 0) is 51.4 Å². The van der Waals surface area contributed by atoms with Crippen LogP contribution in [0.15, 0.2) is 0 Å². The topological polar surface area (TPSA) is 105 Å². The Balaban J connectivity index is 6.26. The van der Waals surface area contributed by atoms with Gasteiger partial charge in [-0.1, -0.05) is 107 Å².